The Morgan fingerprint density at radius 3 is 2.48 bits per heavy atom. The summed E-state index contributed by atoms with van der Waals surface area (Å²) in [6.07, 6.45) is 3.91. The second-order valence-corrected chi connectivity index (χ2v) is 7.79. The number of hydrogen-bond acceptors (Lipinski definition) is 7. The molecule has 0 saturated heterocycles. The number of carbonyl (C=O) groups excluding carboxylic acids is 1. The highest BCUT2D eigenvalue weighted by molar-refractivity contribution is 7.99. The number of rotatable bonds is 7. The Morgan fingerprint density at radius 1 is 1.03 bits per heavy atom. The molecule has 3 heterocycles. The van der Waals surface area contributed by atoms with E-state index in [4.69, 9.17) is 4.98 Å². The first-order valence-corrected chi connectivity index (χ1v) is 10.6. The maximum Gasteiger partial charge on any atom is 0.224 e. The predicted octanol–water partition coefficient (Wildman–Crippen LogP) is 4.81. The van der Waals surface area contributed by atoms with E-state index in [1.165, 1.54) is 11.8 Å². The van der Waals surface area contributed by atoms with Gasteiger partial charge in [-0.15, -0.1) is 0 Å². The first-order chi connectivity index (χ1) is 15.1. The highest BCUT2D eigenvalue weighted by atomic mass is 32.2. The Balaban J connectivity index is 1.61. The standard InChI is InChI=1S/C22H21N7OS/c1-3-21(30)24-16-4-6-17(7-5-16)31-22-25-18(15-8-10-23-11-9-15)13-19(27-22)26-20-12-14(2)28-29-20/h4-13H,3H2,1-2H3,(H,24,30)(H2,25,26,27,28,29). The van der Waals surface area contributed by atoms with Crippen molar-refractivity contribution in [3.63, 3.8) is 0 Å². The zero-order chi connectivity index (χ0) is 21.6. The fourth-order valence-electron chi connectivity index (χ4n) is 2.78. The van der Waals surface area contributed by atoms with Crippen molar-refractivity contribution in [3.8, 4) is 11.3 Å². The van der Waals surface area contributed by atoms with E-state index < -0.39 is 0 Å². The van der Waals surface area contributed by atoms with Gasteiger partial charge in [0.2, 0.25) is 5.91 Å². The second-order valence-electron chi connectivity index (χ2n) is 6.75. The molecule has 3 aromatic heterocycles. The molecule has 0 aliphatic rings. The predicted molar refractivity (Wildman–Crippen MR) is 121 cm³/mol. The van der Waals surface area contributed by atoms with E-state index >= 15 is 0 Å². The van der Waals surface area contributed by atoms with Gasteiger partial charge in [-0.2, -0.15) is 5.10 Å². The van der Waals surface area contributed by atoms with E-state index in [1.807, 2.05) is 62.4 Å². The van der Waals surface area contributed by atoms with Gasteiger partial charge in [0, 0.05) is 52.8 Å². The molecule has 8 nitrogen and oxygen atoms in total. The fourth-order valence-corrected chi connectivity index (χ4v) is 3.55. The summed E-state index contributed by atoms with van der Waals surface area (Å²) in [6, 6.07) is 15.2. The van der Waals surface area contributed by atoms with Crippen LogP contribution in [-0.4, -0.2) is 31.1 Å². The van der Waals surface area contributed by atoms with Gasteiger partial charge >= 0.3 is 0 Å². The van der Waals surface area contributed by atoms with Crippen molar-refractivity contribution in [2.24, 2.45) is 0 Å². The van der Waals surface area contributed by atoms with Crippen LogP contribution in [0.15, 0.2) is 71.0 Å². The molecule has 4 rings (SSSR count). The lowest BCUT2D eigenvalue weighted by Gasteiger charge is -2.09. The zero-order valence-electron chi connectivity index (χ0n) is 17.1. The van der Waals surface area contributed by atoms with Gasteiger partial charge in [0.05, 0.1) is 5.69 Å². The summed E-state index contributed by atoms with van der Waals surface area (Å²) in [5, 5.41) is 13.8. The van der Waals surface area contributed by atoms with Gasteiger partial charge in [-0.25, -0.2) is 9.97 Å². The first kappa shape index (κ1) is 20.5. The molecular weight excluding hydrogens is 410 g/mol. The highest BCUT2D eigenvalue weighted by Crippen LogP contribution is 2.30. The summed E-state index contributed by atoms with van der Waals surface area (Å²) in [6.45, 7) is 3.76. The van der Waals surface area contributed by atoms with Crippen LogP contribution in [0.2, 0.25) is 0 Å². The van der Waals surface area contributed by atoms with Crippen LogP contribution in [0.4, 0.5) is 17.3 Å². The molecule has 1 aromatic carbocycles. The molecule has 0 aliphatic heterocycles. The Labute approximate surface area is 184 Å². The number of nitrogens with one attached hydrogen (secondary N) is 3. The van der Waals surface area contributed by atoms with E-state index in [2.05, 4.69) is 30.8 Å². The summed E-state index contributed by atoms with van der Waals surface area (Å²) in [7, 11) is 0. The van der Waals surface area contributed by atoms with Crippen LogP contribution in [-0.2, 0) is 4.79 Å². The third kappa shape index (κ3) is 5.46. The highest BCUT2D eigenvalue weighted by Gasteiger charge is 2.10. The minimum Gasteiger partial charge on any atom is -0.326 e. The van der Waals surface area contributed by atoms with Crippen LogP contribution >= 0.6 is 11.8 Å². The Hall–Kier alpha value is -3.72. The lowest BCUT2D eigenvalue weighted by atomic mass is 10.2. The number of pyridine rings is 1. The topological polar surface area (TPSA) is 108 Å². The van der Waals surface area contributed by atoms with Crippen molar-refractivity contribution in [2.75, 3.05) is 10.6 Å². The SMILES string of the molecule is CCC(=O)Nc1ccc(Sc2nc(Nc3cc(C)[nH]n3)cc(-c3ccncc3)n2)cc1. The van der Waals surface area contributed by atoms with Gasteiger partial charge in [-0.3, -0.25) is 14.9 Å². The van der Waals surface area contributed by atoms with Gasteiger partial charge in [0.25, 0.3) is 0 Å². The minimum absolute atomic E-state index is 0.0156. The van der Waals surface area contributed by atoms with Gasteiger partial charge < -0.3 is 10.6 Å². The average Bonchev–Trinajstić information content (AvgIpc) is 3.20. The fraction of sp³-hybridized carbons (Fsp3) is 0.136. The molecule has 156 valence electrons. The largest absolute Gasteiger partial charge is 0.326 e. The molecule has 0 aliphatic carbocycles. The quantitative estimate of drug-likeness (QED) is 0.360. The van der Waals surface area contributed by atoms with E-state index in [0.717, 1.165) is 27.5 Å². The Bertz CT molecular complexity index is 1180. The molecule has 9 heteroatoms. The summed E-state index contributed by atoms with van der Waals surface area (Å²) in [5.74, 6) is 1.31. The molecule has 1 amide bonds. The first-order valence-electron chi connectivity index (χ1n) is 9.75. The van der Waals surface area contributed by atoms with Crippen LogP contribution in [0.5, 0.6) is 0 Å². The molecule has 0 radical (unpaired) electrons. The molecule has 31 heavy (non-hydrogen) atoms. The third-order valence-electron chi connectivity index (χ3n) is 4.31. The number of aromatic nitrogens is 5. The molecule has 4 aromatic rings. The van der Waals surface area contributed by atoms with Crippen molar-refractivity contribution in [3.05, 3.63) is 66.6 Å². The molecule has 0 unspecified atom stereocenters. The van der Waals surface area contributed by atoms with Crippen LogP contribution in [0.3, 0.4) is 0 Å². The number of H-pyrrole nitrogens is 1. The molecule has 0 bridgehead atoms. The lowest BCUT2D eigenvalue weighted by Crippen LogP contribution is -2.08. The van der Waals surface area contributed by atoms with Gasteiger partial charge in [0.1, 0.15) is 5.82 Å². The zero-order valence-corrected chi connectivity index (χ0v) is 17.9. The number of aryl methyl sites for hydroxylation is 1. The van der Waals surface area contributed by atoms with Gasteiger partial charge in [-0.1, -0.05) is 6.92 Å². The van der Waals surface area contributed by atoms with E-state index in [0.29, 0.717) is 23.2 Å². The number of anilines is 3. The molecule has 0 fully saturated rings. The van der Waals surface area contributed by atoms with E-state index in [-0.39, 0.29) is 5.91 Å². The molecular formula is C22H21N7OS. The smallest absolute Gasteiger partial charge is 0.224 e. The van der Waals surface area contributed by atoms with Crippen LogP contribution < -0.4 is 10.6 Å². The molecule has 0 atom stereocenters. The van der Waals surface area contributed by atoms with Crippen molar-refractivity contribution >= 4 is 35.0 Å². The van der Waals surface area contributed by atoms with Crippen LogP contribution in [0.25, 0.3) is 11.3 Å². The molecule has 0 saturated carbocycles. The van der Waals surface area contributed by atoms with Crippen LogP contribution in [0.1, 0.15) is 19.0 Å². The van der Waals surface area contributed by atoms with Crippen molar-refractivity contribution in [2.45, 2.75) is 30.3 Å². The van der Waals surface area contributed by atoms with Gasteiger partial charge in [-0.05, 0) is 55.1 Å². The third-order valence-corrected chi connectivity index (χ3v) is 5.19. The average molecular weight is 432 g/mol. The minimum atomic E-state index is -0.0156. The Morgan fingerprint density at radius 2 is 1.81 bits per heavy atom. The van der Waals surface area contributed by atoms with E-state index in [9.17, 15) is 4.79 Å². The molecule has 0 spiro atoms. The monoisotopic (exact) mass is 431 g/mol. The Kier molecular flexibility index (Phi) is 6.23. The van der Waals surface area contributed by atoms with Crippen molar-refractivity contribution in [1.29, 1.82) is 0 Å². The number of carbonyl (C=O) groups is 1. The van der Waals surface area contributed by atoms with Crippen molar-refractivity contribution in [1.82, 2.24) is 25.1 Å². The number of aromatic amines is 1. The van der Waals surface area contributed by atoms with E-state index in [1.54, 1.807) is 12.4 Å². The number of amides is 1. The lowest BCUT2D eigenvalue weighted by molar-refractivity contribution is -0.115. The summed E-state index contributed by atoms with van der Waals surface area (Å²) < 4.78 is 0. The maximum absolute atomic E-state index is 11.6. The summed E-state index contributed by atoms with van der Waals surface area (Å²) in [4.78, 5) is 26.0. The number of nitrogens with zero attached hydrogens (tertiary/aromatic N) is 4. The molecule has 3 N–H and O–H groups in total. The summed E-state index contributed by atoms with van der Waals surface area (Å²) in [5.41, 5.74) is 3.44. The second kappa shape index (κ2) is 9.40. The van der Waals surface area contributed by atoms with Gasteiger partial charge in [0.15, 0.2) is 11.0 Å². The summed E-state index contributed by atoms with van der Waals surface area (Å²) >= 11 is 1.44. The number of benzene rings is 1. The number of hydrogen-bond donors (Lipinski definition) is 3. The van der Waals surface area contributed by atoms with Crippen LogP contribution in [0, 0.1) is 6.92 Å². The van der Waals surface area contributed by atoms with Crippen molar-refractivity contribution < 1.29 is 4.79 Å². The maximum atomic E-state index is 11.6. The normalized spacial score (nSPS) is 10.6.